The summed E-state index contributed by atoms with van der Waals surface area (Å²) in [5.74, 6) is -1.49. The second kappa shape index (κ2) is 7.79. The minimum absolute atomic E-state index is 0.0723. The Labute approximate surface area is 143 Å². The molecule has 0 radical (unpaired) electrons. The summed E-state index contributed by atoms with van der Waals surface area (Å²) < 4.78 is 23.2. The quantitative estimate of drug-likeness (QED) is 0.836. The van der Waals surface area contributed by atoms with Crippen molar-refractivity contribution < 1.29 is 23.5 Å². The Morgan fingerprint density at radius 2 is 1.96 bits per heavy atom. The molecule has 0 fully saturated rings. The van der Waals surface area contributed by atoms with Gasteiger partial charge in [-0.05, 0) is 42.8 Å². The van der Waals surface area contributed by atoms with Gasteiger partial charge in [0.1, 0.15) is 11.6 Å². The molecule has 2 aromatic carbocycles. The molecule has 0 aromatic heterocycles. The third kappa shape index (κ3) is 4.45. The topological polar surface area (TPSA) is 64.6 Å². The normalized spacial score (nSPS) is 10.2. The van der Waals surface area contributed by atoms with E-state index in [1.807, 2.05) is 0 Å². The molecule has 0 aliphatic rings. The molecule has 0 atom stereocenters. The molecule has 0 spiro atoms. The monoisotopic (exact) mass is 351 g/mol. The molecule has 5 nitrogen and oxygen atoms in total. The second-order valence-electron chi connectivity index (χ2n) is 4.93. The molecule has 1 amide bonds. The van der Waals surface area contributed by atoms with Crippen molar-refractivity contribution in [1.82, 2.24) is 0 Å². The second-order valence-corrected chi connectivity index (χ2v) is 5.36. The number of halogens is 2. The number of aryl methyl sites for hydroxylation is 1. The van der Waals surface area contributed by atoms with Crippen molar-refractivity contribution in [2.75, 3.05) is 19.0 Å². The molecule has 126 valence electrons. The van der Waals surface area contributed by atoms with E-state index in [9.17, 15) is 14.0 Å². The number of benzene rings is 2. The molecule has 2 rings (SSSR count). The maximum Gasteiger partial charge on any atom is 0.339 e. The van der Waals surface area contributed by atoms with Crippen LogP contribution in [0, 0.1) is 12.7 Å². The number of carbonyl (C=O) groups excluding carboxylic acids is 2. The Balaban J connectivity index is 2.00. The van der Waals surface area contributed by atoms with E-state index < -0.39 is 24.3 Å². The summed E-state index contributed by atoms with van der Waals surface area (Å²) in [6.07, 6.45) is 0. The molecule has 0 unspecified atom stereocenters. The Kier molecular flexibility index (Phi) is 5.76. The van der Waals surface area contributed by atoms with Crippen molar-refractivity contribution >= 4 is 29.2 Å². The van der Waals surface area contributed by atoms with Crippen LogP contribution in [0.5, 0.6) is 5.75 Å². The maximum absolute atomic E-state index is 13.2. The largest absolute Gasteiger partial charge is 0.495 e. The van der Waals surface area contributed by atoms with Crippen LogP contribution in [0.1, 0.15) is 15.9 Å². The first-order valence-corrected chi connectivity index (χ1v) is 7.35. The first-order valence-electron chi connectivity index (χ1n) is 6.97. The molecular weight excluding hydrogens is 337 g/mol. The number of ether oxygens (including phenoxy) is 2. The van der Waals surface area contributed by atoms with E-state index in [1.54, 1.807) is 19.1 Å². The fraction of sp³-hybridized carbons (Fsp3) is 0.176. The number of carbonyl (C=O) groups is 2. The Hall–Kier alpha value is -2.60. The number of esters is 1. The molecule has 0 saturated carbocycles. The molecular formula is C17H15ClFNO4. The van der Waals surface area contributed by atoms with Gasteiger partial charge in [-0.15, -0.1) is 0 Å². The van der Waals surface area contributed by atoms with E-state index >= 15 is 0 Å². The zero-order chi connectivity index (χ0) is 17.7. The number of methoxy groups -OCH3 is 1. The number of amides is 1. The Morgan fingerprint density at radius 3 is 2.67 bits per heavy atom. The van der Waals surface area contributed by atoms with Crippen molar-refractivity contribution in [2.45, 2.75) is 6.92 Å². The molecule has 2 aromatic rings. The van der Waals surface area contributed by atoms with Crippen LogP contribution in [0.4, 0.5) is 10.1 Å². The third-order valence-corrected chi connectivity index (χ3v) is 3.42. The van der Waals surface area contributed by atoms with Gasteiger partial charge in [0.15, 0.2) is 6.61 Å². The van der Waals surface area contributed by atoms with Gasteiger partial charge in [0.05, 0.1) is 18.4 Å². The van der Waals surface area contributed by atoms with Gasteiger partial charge in [-0.1, -0.05) is 17.7 Å². The predicted octanol–water partition coefficient (Wildman–Crippen LogP) is 3.59. The lowest BCUT2D eigenvalue weighted by Crippen LogP contribution is -2.21. The standard InChI is InChI=1S/C17H15ClFNO4/c1-10-3-5-12(19)8-13(10)17(22)24-9-16(21)20-14-7-11(18)4-6-15(14)23-2/h3-8H,9H2,1-2H3,(H,20,21). The Morgan fingerprint density at radius 1 is 1.21 bits per heavy atom. The van der Waals surface area contributed by atoms with Crippen LogP contribution in [-0.2, 0) is 9.53 Å². The molecule has 0 heterocycles. The van der Waals surface area contributed by atoms with Crippen molar-refractivity contribution in [3.05, 3.63) is 58.4 Å². The third-order valence-electron chi connectivity index (χ3n) is 3.19. The SMILES string of the molecule is COc1ccc(Cl)cc1NC(=O)COC(=O)c1cc(F)ccc1C. The van der Waals surface area contributed by atoms with Crippen LogP contribution in [0.2, 0.25) is 5.02 Å². The zero-order valence-corrected chi connectivity index (χ0v) is 13.8. The predicted molar refractivity (Wildman–Crippen MR) is 88.1 cm³/mol. The lowest BCUT2D eigenvalue weighted by atomic mass is 10.1. The summed E-state index contributed by atoms with van der Waals surface area (Å²) in [6.45, 7) is 1.12. The molecule has 0 bridgehead atoms. The van der Waals surface area contributed by atoms with Gasteiger partial charge in [0.25, 0.3) is 5.91 Å². The number of hydrogen-bond acceptors (Lipinski definition) is 4. The number of anilines is 1. The van der Waals surface area contributed by atoms with Crippen LogP contribution in [0.25, 0.3) is 0 Å². The first kappa shape index (κ1) is 17.7. The molecule has 0 aliphatic carbocycles. The van der Waals surface area contributed by atoms with Crippen molar-refractivity contribution in [3.63, 3.8) is 0 Å². The van der Waals surface area contributed by atoms with E-state index in [0.717, 1.165) is 6.07 Å². The summed E-state index contributed by atoms with van der Waals surface area (Å²) in [6, 6.07) is 8.49. The summed E-state index contributed by atoms with van der Waals surface area (Å²) in [5.41, 5.74) is 0.981. The number of nitrogens with one attached hydrogen (secondary N) is 1. The number of rotatable bonds is 5. The van der Waals surface area contributed by atoms with E-state index in [2.05, 4.69) is 5.32 Å². The van der Waals surface area contributed by atoms with E-state index in [4.69, 9.17) is 21.1 Å². The minimum Gasteiger partial charge on any atom is -0.495 e. The summed E-state index contributed by atoms with van der Waals surface area (Å²) in [5, 5.41) is 2.95. The van der Waals surface area contributed by atoms with Crippen molar-refractivity contribution in [1.29, 1.82) is 0 Å². The van der Waals surface area contributed by atoms with Crippen LogP contribution in [0.3, 0.4) is 0 Å². The van der Waals surface area contributed by atoms with Gasteiger partial charge in [0, 0.05) is 5.02 Å². The summed E-state index contributed by atoms with van der Waals surface area (Å²) >= 11 is 5.87. The number of hydrogen-bond donors (Lipinski definition) is 1. The van der Waals surface area contributed by atoms with Gasteiger partial charge in [-0.2, -0.15) is 0 Å². The summed E-state index contributed by atoms with van der Waals surface area (Å²) in [4.78, 5) is 23.9. The highest BCUT2D eigenvalue weighted by atomic mass is 35.5. The molecule has 0 aliphatic heterocycles. The van der Waals surface area contributed by atoms with Crippen LogP contribution in [-0.4, -0.2) is 25.6 Å². The first-order chi connectivity index (χ1) is 11.4. The summed E-state index contributed by atoms with van der Waals surface area (Å²) in [7, 11) is 1.45. The van der Waals surface area contributed by atoms with Crippen LogP contribution in [0.15, 0.2) is 36.4 Å². The van der Waals surface area contributed by atoms with Gasteiger partial charge < -0.3 is 14.8 Å². The molecule has 24 heavy (non-hydrogen) atoms. The van der Waals surface area contributed by atoms with Crippen molar-refractivity contribution in [3.8, 4) is 5.75 Å². The molecule has 7 heteroatoms. The highest BCUT2D eigenvalue weighted by Gasteiger charge is 2.15. The lowest BCUT2D eigenvalue weighted by molar-refractivity contribution is -0.119. The average molecular weight is 352 g/mol. The van der Waals surface area contributed by atoms with Crippen LogP contribution >= 0.6 is 11.6 Å². The van der Waals surface area contributed by atoms with E-state index in [1.165, 1.54) is 25.3 Å². The molecule has 0 saturated heterocycles. The van der Waals surface area contributed by atoms with Gasteiger partial charge in [0.2, 0.25) is 0 Å². The van der Waals surface area contributed by atoms with E-state index in [0.29, 0.717) is 22.0 Å². The van der Waals surface area contributed by atoms with E-state index in [-0.39, 0.29) is 5.56 Å². The smallest absolute Gasteiger partial charge is 0.339 e. The highest BCUT2D eigenvalue weighted by molar-refractivity contribution is 6.31. The minimum atomic E-state index is -0.778. The Bertz CT molecular complexity index is 779. The molecule has 1 N–H and O–H groups in total. The zero-order valence-electron chi connectivity index (χ0n) is 13.1. The fourth-order valence-electron chi connectivity index (χ4n) is 1.99. The lowest BCUT2D eigenvalue weighted by Gasteiger charge is -2.11. The van der Waals surface area contributed by atoms with Crippen LogP contribution < -0.4 is 10.1 Å². The van der Waals surface area contributed by atoms with Gasteiger partial charge in [-0.3, -0.25) is 4.79 Å². The average Bonchev–Trinajstić information content (AvgIpc) is 2.55. The van der Waals surface area contributed by atoms with Crippen molar-refractivity contribution in [2.24, 2.45) is 0 Å². The maximum atomic E-state index is 13.2. The highest BCUT2D eigenvalue weighted by Crippen LogP contribution is 2.27. The van der Waals surface area contributed by atoms with Gasteiger partial charge >= 0.3 is 5.97 Å². The fourth-order valence-corrected chi connectivity index (χ4v) is 2.16. The van der Waals surface area contributed by atoms with Gasteiger partial charge in [-0.25, -0.2) is 9.18 Å².